The van der Waals surface area contributed by atoms with Crippen molar-refractivity contribution in [1.82, 2.24) is 5.32 Å². The lowest BCUT2D eigenvalue weighted by atomic mass is 10.1. The number of carbonyl (C=O) groups excluding carboxylic acids is 1. The number of ether oxygens (including phenoxy) is 1. The molecule has 0 aliphatic carbocycles. The number of hydrogen-bond donors (Lipinski definition) is 1. The van der Waals surface area contributed by atoms with Gasteiger partial charge in [0, 0.05) is 27.2 Å². The van der Waals surface area contributed by atoms with Crippen molar-refractivity contribution in [3.05, 3.63) is 68.7 Å². The quantitative estimate of drug-likeness (QED) is 0.568. The van der Waals surface area contributed by atoms with Crippen LogP contribution in [0.4, 0.5) is 4.79 Å². The zero-order chi connectivity index (χ0) is 18.2. The molecular formula is C18H18Cl3NO2S. The Morgan fingerprint density at radius 2 is 1.80 bits per heavy atom. The lowest BCUT2D eigenvalue weighted by Gasteiger charge is -2.20. The van der Waals surface area contributed by atoms with Gasteiger partial charge in [-0.25, -0.2) is 0 Å². The summed E-state index contributed by atoms with van der Waals surface area (Å²) in [6, 6.07) is 12.6. The summed E-state index contributed by atoms with van der Waals surface area (Å²) >= 11 is 19.4. The van der Waals surface area contributed by atoms with E-state index < -0.39 is 0 Å². The van der Waals surface area contributed by atoms with Crippen molar-refractivity contribution < 1.29 is 9.53 Å². The summed E-state index contributed by atoms with van der Waals surface area (Å²) in [5.74, 6) is 0.712. The fraction of sp³-hybridized carbons (Fsp3) is 0.278. The molecule has 0 saturated carbocycles. The fourth-order valence-corrected chi connectivity index (χ4v) is 3.26. The highest BCUT2D eigenvalue weighted by Gasteiger charge is 2.17. The minimum atomic E-state index is -0.387. The topological polar surface area (TPSA) is 38.3 Å². The van der Waals surface area contributed by atoms with Gasteiger partial charge in [0.05, 0.1) is 6.61 Å². The zero-order valence-corrected chi connectivity index (χ0v) is 16.7. The molecular weight excluding hydrogens is 401 g/mol. The number of carbonyl (C=O) groups is 1. The normalized spacial score (nSPS) is 12.0. The Kier molecular flexibility index (Phi) is 8.40. The second kappa shape index (κ2) is 10.3. The third-order valence-corrected chi connectivity index (χ3v) is 4.89. The molecule has 0 saturated heterocycles. The standard InChI is InChI=1S/C18H18Cl3NO2S/c1-2-25-18(23)22-10-17(15-8-7-14(20)9-16(15)21)24-11-12-3-5-13(19)6-4-12/h3-9,17H,2,10-11H2,1H3,(H,22,23). The Hall–Kier alpha value is -0.910. The predicted molar refractivity (Wildman–Crippen MR) is 107 cm³/mol. The van der Waals surface area contributed by atoms with Gasteiger partial charge in [-0.2, -0.15) is 0 Å². The van der Waals surface area contributed by atoms with E-state index in [1.165, 1.54) is 11.8 Å². The van der Waals surface area contributed by atoms with Crippen LogP contribution in [0.5, 0.6) is 0 Å². The molecule has 0 aliphatic rings. The minimum Gasteiger partial charge on any atom is -0.367 e. The van der Waals surface area contributed by atoms with Crippen LogP contribution in [0.25, 0.3) is 0 Å². The first-order valence-corrected chi connectivity index (χ1v) is 9.83. The van der Waals surface area contributed by atoms with Crippen LogP contribution in [-0.4, -0.2) is 17.5 Å². The first kappa shape index (κ1) is 20.4. The third kappa shape index (κ3) is 6.72. The molecule has 2 aromatic rings. The van der Waals surface area contributed by atoms with Crippen LogP contribution in [-0.2, 0) is 11.3 Å². The smallest absolute Gasteiger partial charge is 0.279 e. The SMILES string of the molecule is CCSC(=O)NCC(OCc1ccc(Cl)cc1)c1ccc(Cl)cc1Cl. The van der Waals surface area contributed by atoms with Crippen LogP contribution >= 0.6 is 46.6 Å². The van der Waals surface area contributed by atoms with Gasteiger partial charge in [-0.3, -0.25) is 4.79 Å². The van der Waals surface area contributed by atoms with Crippen molar-refractivity contribution in [2.24, 2.45) is 0 Å². The van der Waals surface area contributed by atoms with E-state index in [0.29, 0.717) is 34.0 Å². The highest BCUT2D eigenvalue weighted by atomic mass is 35.5. The molecule has 0 heterocycles. The maximum atomic E-state index is 11.8. The lowest BCUT2D eigenvalue weighted by Crippen LogP contribution is -2.26. The van der Waals surface area contributed by atoms with Gasteiger partial charge >= 0.3 is 0 Å². The predicted octanol–water partition coefficient (Wildman–Crippen LogP) is 6.37. The summed E-state index contributed by atoms with van der Waals surface area (Å²) < 4.78 is 6.01. The minimum absolute atomic E-state index is 0.0901. The van der Waals surface area contributed by atoms with E-state index in [1.807, 2.05) is 37.3 Å². The monoisotopic (exact) mass is 417 g/mol. The average molecular weight is 419 g/mol. The van der Waals surface area contributed by atoms with Gasteiger partial charge in [0.1, 0.15) is 6.10 Å². The summed E-state index contributed by atoms with van der Waals surface area (Å²) in [6.45, 7) is 2.62. The van der Waals surface area contributed by atoms with E-state index in [2.05, 4.69) is 5.32 Å². The molecule has 2 rings (SSSR count). The highest BCUT2D eigenvalue weighted by molar-refractivity contribution is 8.13. The molecule has 2 aromatic carbocycles. The lowest BCUT2D eigenvalue weighted by molar-refractivity contribution is 0.0420. The van der Waals surface area contributed by atoms with Crippen molar-refractivity contribution in [2.45, 2.75) is 19.6 Å². The van der Waals surface area contributed by atoms with Crippen molar-refractivity contribution in [2.75, 3.05) is 12.3 Å². The number of benzene rings is 2. The average Bonchev–Trinajstić information content (AvgIpc) is 2.57. The number of thioether (sulfide) groups is 1. The first-order chi connectivity index (χ1) is 12.0. The molecule has 0 bridgehead atoms. The Morgan fingerprint density at radius 3 is 2.44 bits per heavy atom. The van der Waals surface area contributed by atoms with Crippen LogP contribution in [0.3, 0.4) is 0 Å². The molecule has 1 atom stereocenters. The Balaban J connectivity index is 2.10. The van der Waals surface area contributed by atoms with Crippen molar-refractivity contribution >= 4 is 51.8 Å². The van der Waals surface area contributed by atoms with Gasteiger partial charge in [-0.15, -0.1) is 0 Å². The number of hydrogen-bond acceptors (Lipinski definition) is 3. The molecule has 0 fully saturated rings. The molecule has 7 heteroatoms. The van der Waals surface area contributed by atoms with Crippen molar-refractivity contribution in [3.8, 4) is 0 Å². The molecule has 0 spiro atoms. The molecule has 3 nitrogen and oxygen atoms in total. The maximum Gasteiger partial charge on any atom is 0.279 e. The molecule has 1 amide bonds. The van der Waals surface area contributed by atoms with E-state index in [-0.39, 0.29) is 11.3 Å². The summed E-state index contributed by atoms with van der Waals surface area (Å²) in [5, 5.41) is 4.49. The second-order valence-electron chi connectivity index (χ2n) is 5.19. The van der Waals surface area contributed by atoms with E-state index in [9.17, 15) is 4.79 Å². The molecule has 0 aliphatic heterocycles. The first-order valence-electron chi connectivity index (χ1n) is 7.71. The van der Waals surface area contributed by atoms with Crippen LogP contribution in [0.2, 0.25) is 15.1 Å². The van der Waals surface area contributed by atoms with Gasteiger partial charge in [0.2, 0.25) is 0 Å². The summed E-state index contributed by atoms with van der Waals surface area (Å²) in [6.07, 6.45) is -0.387. The summed E-state index contributed by atoms with van der Waals surface area (Å²) in [5.41, 5.74) is 1.76. The molecule has 1 unspecified atom stereocenters. The van der Waals surface area contributed by atoms with E-state index in [1.54, 1.807) is 12.1 Å². The van der Waals surface area contributed by atoms with E-state index >= 15 is 0 Å². The van der Waals surface area contributed by atoms with E-state index in [4.69, 9.17) is 39.5 Å². The van der Waals surface area contributed by atoms with E-state index in [0.717, 1.165) is 11.1 Å². The number of halogens is 3. The number of nitrogens with one attached hydrogen (secondary N) is 1. The van der Waals surface area contributed by atoms with Gasteiger partial charge in [0.25, 0.3) is 5.24 Å². The van der Waals surface area contributed by atoms with Gasteiger partial charge in [0.15, 0.2) is 0 Å². The Labute approximate surface area is 167 Å². The fourth-order valence-electron chi connectivity index (χ4n) is 2.16. The molecule has 0 aromatic heterocycles. The maximum absolute atomic E-state index is 11.8. The van der Waals surface area contributed by atoms with Crippen molar-refractivity contribution in [3.63, 3.8) is 0 Å². The van der Waals surface area contributed by atoms with Gasteiger partial charge in [-0.05, 0) is 35.6 Å². The number of amides is 1. The third-order valence-electron chi connectivity index (χ3n) is 3.38. The zero-order valence-electron chi connectivity index (χ0n) is 13.6. The van der Waals surface area contributed by atoms with Crippen LogP contribution < -0.4 is 5.32 Å². The van der Waals surface area contributed by atoms with Crippen LogP contribution in [0.1, 0.15) is 24.2 Å². The number of rotatable bonds is 7. The molecule has 0 radical (unpaired) electrons. The Bertz CT molecular complexity index is 710. The molecule has 25 heavy (non-hydrogen) atoms. The summed E-state index contributed by atoms with van der Waals surface area (Å²) in [4.78, 5) is 11.8. The highest BCUT2D eigenvalue weighted by Crippen LogP contribution is 2.29. The van der Waals surface area contributed by atoms with Crippen molar-refractivity contribution in [1.29, 1.82) is 0 Å². The van der Waals surface area contributed by atoms with Crippen LogP contribution in [0.15, 0.2) is 42.5 Å². The van der Waals surface area contributed by atoms with Gasteiger partial charge < -0.3 is 10.1 Å². The van der Waals surface area contributed by atoms with Gasteiger partial charge in [-0.1, -0.05) is 71.7 Å². The molecule has 134 valence electrons. The largest absolute Gasteiger partial charge is 0.367 e. The summed E-state index contributed by atoms with van der Waals surface area (Å²) in [7, 11) is 0. The molecule has 1 N–H and O–H groups in total. The second-order valence-corrected chi connectivity index (χ2v) is 7.71. The Morgan fingerprint density at radius 1 is 1.12 bits per heavy atom. The van der Waals surface area contributed by atoms with Crippen LogP contribution in [0, 0.1) is 0 Å².